The molecule has 0 aliphatic carbocycles. The van der Waals surface area contributed by atoms with Crippen molar-refractivity contribution < 1.29 is 13.2 Å². The van der Waals surface area contributed by atoms with Gasteiger partial charge >= 0.3 is 6.18 Å². The Kier molecular flexibility index (Phi) is 4.43. The Hall–Kier alpha value is -2.17. The lowest BCUT2D eigenvalue weighted by Crippen LogP contribution is -2.34. The predicted octanol–water partition coefficient (Wildman–Crippen LogP) is 4.73. The number of anilines is 2. The molecule has 0 spiro atoms. The van der Waals surface area contributed by atoms with E-state index in [2.05, 4.69) is 41.0 Å². The van der Waals surface area contributed by atoms with Gasteiger partial charge in [-0.1, -0.05) is 17.7 Å². The summed E-state index contributed by atoms with van der Waals surface area (Å²) in [6, 6.07) is 14.1. The molecule has 0 bridgehead atoms. The fourth-order valence-corrected chi connectivity index (χ4v) is 3.14. The van der Waals surface area contributed by atoms with Crippen molar-refractivity contribution in [1.82, 2.24) is 0 Å². The average molecular weight is 334 g/mol. The molecule has 1 saturated heterocycles. The molecule has 1 aliphatic rings. The van der Waals surface area contributed by atoms with Crippen LogP contribution >= 0.6 is 0 Å². The van der Waals surface area contributed by atoms with E-state index < -0.39 is 11.7 Å². The van der Waals surface area contributed by atoms with E-state index in [1.165, 1.54) is 11.3 Å². The Labute approximate surface area is 140 Å². The third-order valence-electron chi connectivity index (χ3n) is 4.71. The molecule has 2 aromatic rings. The molecule has 0 saturated carbocycles. The molecule has 1 aliphatic heterocycles. The van der Waals surface area contributed by atoms with Gasteiger partial charge in [-0.2, -0.15) is 13.2 Å². The Morgan fingerprint density at radius 1 is 1.00 bits per heavy atom. The first kappa shape index (κ1) is 16.7. The van der Waals surface area contributed by atoms with Crippen LogP contribution in [0.5, 0.6) is 0 Å². The highest BCUT2D eigenvalue weighted by molar-refractivity contribution is 5.52. The van der Waals surface area contributed by atoms with E-state index in [0.717, 1.165) is 37.3 Å². The molecule has 2 nitrogen and oxygen atoms in total. The summed E-state index contributed by atoms with van der Waals surface area (Å²) in [4.78, 5) is 4.40. The number of nitrogens with zero attached hydrogens (tertiary/aromatic N) is 2. The van der Waals surface area contributed by atoms with Crippen molar-refractivity contribution in [2.45, 2.75) is 25.6 Å². The normalized spacial score (nSPS) is 18.0. The highest BCUT2D eigenvalue weighted by Crippen LogP contribution is 2.31. The van der Waals surface area contributed by atoms with Crippen molar-refractivity contribution in [2.75, 3.05) is 29.9 Å². The van der Waals surface area contributed by atoms with E-state index in [-0.39, 0.29) is 0 Å². The Morgan fingerprint density at radius 3 is 2.21 bits per heavy atom. The van der Waals surface area contributed by atoms with E-state index in [0.29, 0.717) is 6.04 Å². The SMILES string of the molecule is Cc1ccc(N2CCC(N(C)c3ccc(C(F)(F)F)cc3)C2)cc1. The molecule has 0 radical (unpaired) electrons. The number of hydrogen-bond acceptors (Lipinski definition) is 2. The lowest BCUT2D eigenvalue weighted by Gasteiger charge is -2.27. The minimum atomic E-state index is -4.29. The second-order valence-electron chi connectivity index (χ2n) is 6.38. The topological polar surface area (TPSA) is 6.48 Å². The van der Waals surface area contributed by atoms with E-state index in [4.69, 9.17) is 0 Å². The van der Waals surface area contributed by atoms with Gasteiger partial charge in [0.1, 0.15) is 0 Å². The number of halogens is 3. The van der Waals surface area contributed by atoms with E-state index >= 15 is 0 Å². The quantitative estimate of drug-likeness (QED) is 0.801. The molecule has 0 amide bonds. The molecule has 1 heterocycles. The summed E-state index contributed by atoms with van der Waals surface area (Å²) in [5.74, 6) is 0. The van der Waals surface area contributed by atoms with Crippen LogP contribution < -0.4 is 9.80 Å². The first-order chi connectivity index (χ1) is 11.3. The summed E-state index contributed by atoms with van der Waals surface area (Å²) >= 11 is 0. The number of alkyl halides is 3. The first-order valence-corrected chi connectivity index (χ1v) is 8.06. The smallest absolute Gasteiger partial charge is 0.370 e. The van der Waals surface area contributed by atoms with E-state index in [1.54, 1.807) is 12.1 Å². The largest absolute Gasteiger partial charge is 0.416 e. The van der Waals surface area contributed by atoms with Crippen LogP contribution in [0.3, 0.4) is 0 Å². The van der Waals surface area contributed by atoms with Crippen LogP contribution in [-0.4, -0.2) is 26.2 Å². The minimum absolute atomic E-state index is 0.294. The summed E-state index contributed by atoms with van der Waals surface area (Å²) in [5, 5.41) is 0. The molecule has 3 rings (SSSR count). The number of aryl methyl sites for hydroxylation is 1. The van der Waals surface area contributed by atoms with Crippen LogP contribution in [0.4, 0.5) is 24.5 Å². The molecule has 24 heavy (non-hydrogen) atoms. The van der Waals surface area contributed by atoms with Crippen molar-refractivity contribution in [3.63, 3.8) is 0 Å². The molecular weight excluding hydrogens is 313 g/mol. The molecule has 0 N–H and O–H groups in total. The second kappa shape index (κ2) is 6.38. The lowest BCUT2D eigenvalue weighted by atomic mass is 10.1. The van der Waals surface area contributed by atoms with Crippen molar-refractivity contribution in [1.29, 1.82) is 0 Å². The zero-order valence-electron chi connectivity index (χ0n) is 13.8. The molecule has 0 aromatic heterocycles. The minimum Gasteiger partial charge on any atom is -0.370 e. The van der Waals surface area contributed by atoms with E-state index in [1.807, 2.05) is 7.05 Å². The number of likely N-dealkylation sites (N-methyl/N-ethyl adjacent to an activating group) is 1. The third kappa shape index (κ3) is 3.50. The van der Waals surface area contributed by atoms with Crippen molar-refractivity contribution in [3.8, 4) is 0 Å². The fourth-order valence-electron chi connectivity index (χ4n) is 3.14. The van der Waals surface area contributed by atoms with Gasteiger partial charge in [-0.05, 0) is 49.7 Å². The molecule has 1 unspecified atom stereocenters. The average Bonchev–Trinajstić information content (AvgIpc) is 3.04. The van der Waals surface area contributed by atoms with Gasteiger partial charge in [0.2, 0.25) is 0 Å². The van der Waals surface area contributed by atoms with Crippen molar-refractivity contribution in [2.24, 2.45) is 0 Å². The van der Waals surface area contributed by atoms with Gasteiger partial charge in [-0.15, -0.1) is 0 Å². The standard InChI is InChI=1S/C19H21F3N2/c1-14-3-7-17(8-4-14)24-12-11-18(13-24)23(2)16-9-5-15(6-10-16)19(20,21)22/h3-10,18H,11-13H2,1-2H3. The van der Waals surface area contributed by atoms with Gasteiger partial charge < -0.3 is 9.80 Å². The van der Waals surface area contributed by atoms with Crippen LogP contribution in [0.1, 0.15) is 17.5 Å². The summed E-state index contributed by atoms with van der Waals surface area (Å²) in [5.41, 5.74) is 2.64. The Bertz CT molecular complexity index is 677. The van der Waals surface area contributed by atoms with Crippen molar-refractivity contribution >= 4 is 11.4 Å². The highest BCUT2D eigenvalue weighted by atomic mass is 19.4. The van der Waals surface area contributed by atoms with Gasteiger partial charge in [0, 0.05) is 37.6 Å². The zero-order valence-corrected chi connectivity index (χ0v) is 13.8. The Morgan fingerprint density at radius 2 is 1.62 bits per heavy atom. The predicted molar refractivity (Wildman–Crippen MR) is 91.6 cm³/mol. The monoisotopic (exact) mass is 334 g/mol. The maximum absolute atomic E-state index is 12.7. The van der Waals surface area contributed by atoms with Crippen LogP contribution in [0.2, 0.25) is 0 Å². The summed E-state index contributed by atoms with van der Waals surface area (Å²) in [6.07, 6.45) is -3.29. The van der Waals surface area contributed by atoms with E-state index in [9.17, 15) is 13.2 Å². The van der Waals surface area contributed by atoms with Gasteiger partial charge in [-0.25, -0.2) is 0 Å². The molecule has 5 heteroatoms. The first-order valence-electron chi connectivity index (χ1n) is 8.06. The van der Waals surface area contributed by atoms with Gasteiger partial charge in [0.25, 0.3) is 0 Å². The molecule has 1 atom stereocenters. The third-order valence-corrected chi connectivity index (χ3v) is 4.71. The van der Waals surface area contributed by atoms with Crippen LogP contribution in [-0.2, 0) is 6.18 Å². The molecular formula is C19H21F3N2. The summed E-state index contributed by atoms with van der Waals surface area (Å²) < 4.78 is 38.0. The van der Waals surface area contributed by atoms with Gasteiger partial charge in [-0.3, -0.25) is 0 Å². The molecule has 1 fully saturated rings. The summed E-state index contributed by atoms with van der Waals surface area (Å²) in [7, 11) is 1.95. The number of benzene rings is 2. The zero-order chi connectivity index (χ0) is 17.3. The summed E-state index contributed by atoms with van der Waals surface area (Å²) in [6.45, 7) is 3.90. The molecule has 2 aromatic carbocycles. The fraction of sp³-hybridized carbons (Fsp3) is 0.368. The Balaban J connectivity index is 1.68. The molecule has 128 valence electrons. The van der Waals surface area contributed by atoms with Gasteiger partial charge in [0.15, 0.2) is 0 Å². The lowest BCUT2D eigenvalue weighted by molar-refractivity contribution is -0.137. The van der Waals surface area contributed by atoms with Gasteiger partial charge in [0.05, 0.1) is 5.56 Å². The second-order valence-corrected chi connectivity index (χ2v) is 6.38. The highest BCUT2D eigenvalue weighted by Gasteiger charge is 2.31. The number of hydrogen-bond donors (Lipinski definition) is 0. The maximum Gasteiger partial charge on any atom is 0.416 e. The van der Waals surface area contributed by atoms with Crippen LogP contribution in [0.25, 0.3) is 0 Å². The maximum atomic E-state index is 12.7. The van der Waals surface area contributed by atoms with Crippen molar-refractivity contribution in [3.05, 3.63) is 59.7 Å². The number of rotatable bonds is 3. The van der Waals surface area contributed by atoms with Crippen LogP contribution in [0, 0.1) is 6.92 Å². The van der Waals surface area contributed by atoms with Crippen LogP contribution in [0.15, 0.2) is 48.5 Å².